The molecular formula is C29H28FN3O6. The lowest BCUT2D eigenvalue weighted by atomic mass is 10.0. The van der Waals surface area contributed by atoms with Gasteiger partial charge < -0.3 is 19.1 Å². The Bertz CT molecular complexity index is 1580. The van der Waals surface area contributed by atoms with Crippen LogP contribution in [0.25, 0.3) is 10.9 Å². The lowest BCUT2D eigenvalue weighted by molar-refractivity contribution is -0.131. The molecule has 1 amide bonds. The summed E-state index contributed by atoms with van der Waals surface area (Å²) < 4.78 is 23.3. The van der Waals surface area contributed by atoms with E-state index < -0.39 is 28.6 Å². The Morgan fingerprint density at radius 1 is 1.10 bits per heavy atom. The van der Waals surface area contributed by atoms with Crippen LogP contribution in [-0.2, 0) is 14.4 Å². The van der Waals surface area contributed by atoms with Gasteiger partial charge in [0.2, 0.25) is 22.9 Å². The Morgan fingerprint density at radius 2 is 1.85 bits per heavy atom. The van der Waals surface area contributed by atoms with Crippen LogP contribution in [-0.4, -0.2) is 65.5 Å². The van der Waals surface area contributed by atoms with Crippen molar-refractivity contribution < 1.29 is 28.3 Å². The smallest absolute Gasteiger partial charge is 0.226 e. The zero-order valence-electron chi connectivity index (χ0n) is 21.9. The van der Waals surface area contributed by atoms with Crippen LogP contribution in [0.1, 0.15) is 43.1 Å². The summed E-state index contributed by atoms with van der Waals surface area (Å²) in [6.45, 7) is 4.63. The third-order valence-corrected chi connectivity index (χ3v) is 7.35. The van der Waals surface area contributed by atoms with Gasteiger partial charge in [-0.25, -0.2) is 4.39 Å². The highest BCUT2D eigenvalue weighted by Gasteiger charge is 2.33. The fraction of sp³-hybridized carbons (Fsp3) is 0.345. The number of fused-ring (bicyclic) bond motifs is 1. The molecule has 2 fully saturated rings. The predicted octanol–water partition coefficient (Wildman–Crippen LogP) is 2.91. The molecule has 0 radical (unpaired) electrons. The molecular weight excluding hydrogens is 505 g/mol. The van der Waals surface area contributed by atoms with Gasteiger partial charge in [0.05, 0.1) is 23.6 Å². The molecule has 0 bridgehead atoms. The Kier molecular flexibility index (Phi) is 6.80. The van der Waals surface area contributed by atoms with E-state index in [1.807, 2.05) is 16.4 Å². The van der Waals surface area contributed by atoms with E-state index in [1.165, 1.54) is 32.4 Å². The fourth-order valence-electron chi connectivity index (χ4n) is 5.27. The molecule has 1 aromatic heterocycles. The number of nitrogens with zero attached hydrogens (tertiary/aromatic N) is 3. The monoisotopic (exact) mass is 533 g/mol. The highest BCUT2D eigenvalue weighted by molar-refractivity contribution is 6.46. The number of carbonyl (C=O) groups excluding carboxylic acids is 4. The van der Waals surface area contributed by atoms with E-state index in [0.29, 0.717) is 30.7 Å². The minimum atomic E-state index is -0.693. The third-order valence-electron chi connectivity index (χ3n) is 7.35. The number of aromatic nitrogens is 1. The van der Waals surface area contributed by atoms with Crippen LogP contribution in [0.15, 0.2) is 53.0 Å². The molecule has 2 aliphatic carbocycles. The summed E-state index contributed by atoms with van der Waals surface area (Å²) in [5.74, 6) is -2.42. The lowest BCUT2D eigenvalue weighted by Gasteiger charge is -2.41. The van der Waals surface area contributed by atoms with Crippen molar-refractivity contribution in [3.8, 4) is 5.75 Å². The number of allylic oxidation sites excluding steroid dienone is 6. The number of amides is 1. The van der Waals surface area contributed by atoms with Gasteiger partial charge in [-0.1, -0.05) is 12.2 Å². The zero-order valence-corrected chi connectivity index (χ0v) is 21.9. The molecule has 9 nitrogen and oxygen atoms in total. The number of benzene rings is 1. The Balaban J connectivity index is 1.59. The van der Waals surface area contributed by atoms with Gasteiger partial charge in [-0.3, -0.25) is 24.0 Å². The van der Waals surface area contributed by atoms with Crippen molar-refractivity contribution in [2.24, 2.45) is 0 Å². The summed E-state index contributed by atoms with van der Waals surface area (Å²) >= 11 is 0. The van der Waals surface area contributed by atoms with Crippen molar-refractivity contribution in [3.63, 3.8) is 0 Å². The van der Waals surface area contributed by atoms with Crippen LogP contribution >= 0.6 is 0 Å². The van der Waals surface area contributed by atoms with E-state index in [2.05, 4.69) is 0 Å². The quantitative estimate of drug-likeness (QED) is 0.243. The molecule has 1 saturated carbocycles. The number of carbonyl (C=O) groups is 4. The Labute approximate surface area is 223 Å². The molecule has 1 aliphatic heterocycles. The van der Waals surface area contributed by atoms with E-state index in [1.54, 1.807) is 4.90 Å². The van der Waals surface area contributed by atoms with Gasteiger partial charge in [0.25, 0.3) is 0 Å². The van der Waals surface area contributed by atoms with Gasteiger partial charge in [0.15, 0.2) is 17.3 Å². The van der Waals surface area contributed by atoms with Gasteiger partial charge in [0.1, 0.15) is 5.69 Å². The molecule has 10 heteroatoms. The molecule has 39 heavy (non-hydrogen) atoms. The van der Waals surface area contributed by atoms with E-state index >= 15 is 4.39 Å². The average Bonchev–Trinajstić information content (AvgIpc) is 3.74. The Morgan fingerprint density at radius 3 is 2.46 bits per heavy atom. The van der Waals surface area contributed by atoms with Crippen LogP contribution in [0.3, 0.4) is 0 Å². The fourth-order valence-corrected chi connectivity index (χ4v) is 5.27. The van der Waals surface area contributed by atoms with E-state index in [-0.39, 0.29) is 40.4 Å². The molecule has 2 heterocycles. The maximum Gasteiger partial charge on any atom is 0.226 e. The summed E-state index contributed by atoms with van der Waals surface area (Å²) in [7, 11) is 1.42. The number of hydrogen-bond acceptors (Lipinski definition) is 7. The van der Waals surface area contributed by atoms with Crippen LogP contribution in [0.5, 0.6) is 5.75 Å². The maximum absolute atomic E-state index is 15.7. The Hall–Kier alpha value is -4.34. The van der Waals surface area contributed by atoms with Gasteiger partial charge in [-0.15, -0.1) is 0 Å². The summed E-state index contributed by atoms with van der Waals surface area (Å²) in [4.78, 5) is 65.1. The first kappa shape index (κ1) is 26.3. The van der Waals surface area contributed by atoms with Crippen LogP contribution in [0.4, 0.5) is 10.1 Å². The minimum Gasteiger partial charge on any atom is -0.492 e. The average molecular weight is 534 g/mol. The molecule has 0 N–H and O–H groups in total. The van der Waals surface area contributed by atoms with Crippen molar-refractivity contribution in [1.29, 1.82) is 0 Å². The van der Waals surface area contributed by atoms with Gasteiger partial charge in [0, 0.05) is 44.8 Å². The number of methoxy groups -OCH3 is 1. The van der Waals surface area contributed by atoms with Crippen molar-refractivity contribution in [2.45, 2.75) is 38.8 Å². The number of ether oxygens (including phenoxy) is 1. The maximum atomic E-state index is 15.7. The van der Waals surface area contributed by atoms with Crippen molar-refractivity contribution in [1.82, 2.24) is 9.47 Å². The zero-order chi connectivity index (χ0) is 28.0. The topological polar surface area (TPSA) is 106 Å². The number of piperazine rings is 1. The summed E-state index contributed by atoms with van der Waals surface area (Å²) in [6, 6.07) is 1.04. The summed E-state index contributed by atoms with van der Waals surface area (Å²) in [5.41, 5.74) is 0.238. The van der Waals surface area contributed by atoms with Gasteiger partial charge in [-0.2, -0.15) is 0 Å². The van der Waals surface area contributed by atoms with Crippen LogP contribution < -0.4 is 15.1 Å². The standard InChI is InChI=1S/C29H28FN3O6/c1-16-14-31(10-11-32(16)17(2)34)27-22(30)13-20-26(29(27)39-3)33(19-6-7-19)15-21(28(20)38)23(35)8-4-18-5-9-24(36)25(37)12-18/h4-5,8-9,12-13,15-16,19H,6-7,10-11,14H2,1-3H3/b8-4+. The molecule has 1 saturated heterocycles. The molecule has 1 atom stereocenters. The first-order valence-corrected chi connectivity index (χ1v) is 12.8. The second-order valence-electron chi connectivity index (χ2n) is 10.1. The number of pyridine rings is 1. The minimum absolute atomic E-state index is 0.0249. The van der Waals surface area contributed by atoms with E-state index in [4.69, 9.17) is 4.74 Å². The van der Waals surface area contributed by atoms with Crippen molar-refractivity contribution >= 4 is 39.8 Å². The van der Waals surface area contributed by atoms with Gasteiger partial charge >= 0.3 is 0 Å². The third kappa shape index (κ3) is 4.82. The number of rotatable bonds is 6. The predicted molar refractivity (Wildman–Crippen MR) is 143 cm³/mol. The SMILES string of the molecule is COc1c(N2CCN(C(C)=O)C(C)C2)c(F)cc2c(=O)c(C(=O)/C=C/C3=CC(=O)C(=O)C=C3)cn(C3CC3)c12. The van der Waals surface area contributed by atoms with Gasteiger partial charge in [-0.05, 0) is 49.6 Å². The van der Waals surface area contributed by atoms with E-state index in [0.717, 1.165) is 37.1 Å². The van der Waals surface area contributed by atoms with Crippen LogP contribution in [0.2, 0.25) is 0 Å². The number of hydrogen-bond donors (Lipinski definition) is 0. The number of anilines is 1. The summed E-state index contributed by atoms with van der Waals surface area (Å²) in [5, 5.41) is 0.0345. The molecule has 2 aromatic rings. The highest BCUT2D eigenvalue weighted by atomic mass is 19.1. The largest absolute Gasteiger partial charge is 0.492 e. The second-order valence-corrected chi connectivity index (χ2v) is 10.1. The lowest BCUT2D eigenvalue weighted by Crippen LogP contribution is -2.53. The molecule has 5 rings (SSSR count). The first-order chi connectivity index (χ1) is 18.6. The van der Waals surface area contributed by atoms with Crippen molar-refractivity contribution in [3.05, 3.63) is 69.8 Å². The van der Waals surface area contributed by atoms with Crippen molar-refractivity contribution in [2.75, 3.05) is 31.6 Å². The normalized spacial score (nSPS) is 19.7. The van der Waals surface area contributed by atoms with Crippen LogP contribution in [0, 0.1) is 5.82 Å². The van der Waals surface area contributed by atoms with E-state index in [9.17, 15) is 24.0 Å². The molecule has 0 spiro atoms. The number of ketones is 3. The molecule has 1 unspecified atom stereocenters. The summed E-state index contributed by atoms with van der Waals surface area (Å²) in [6.07, 6.45) is 9.34. The molecule has 3 aliphatic rings. The first-order valence-electron chi connectivity index (χ1n) is 12.8. The highest BCUT2D eigenvalue weighted by Crippen LogP contribution is 2.44. The second kappa shape index (κ2) is 10.1. The number of halogens is 1. The molecule has 1 aromatic carbocycles. The molecule has 202 valence electrons.